The van der Waals surface area contributed by atoms with Crippen LogP contribution in [0, 0.1) is 0 Å². The normalized spacial score (nSPS) is 14.0. The molecule has 0 atom stereocenters. The van der Waals surface area contributed by atoms with E-state index in [1.165, 1.54) is 29.2 Å². The molecule has 0 spiro atoms. The molecule has 2 rings (SSSR count). The van der Waals surface area contributed by atoms with Gasteiger partial charge in [0.2, 0.25) is 0 Å². The number of ether oxygens (including phenoxy) is 2. The summed E-state index contributed by atoms with van der Waals surface area (Å²) in [5.74, 6) is -5.80. The molecule has 1 aliphatic rings. The van der Waals surface area contributed by atoms with Gasteiger partial charge in [0, 0.05) is 6.54 Å². The van der Waals surface area contributed by atoms with Crippen LogP contribution in [0.15, 0.2) is 30.4 Å². The fraction of sp³-hybridized carbons (Fsp3) is 0.200. The second kappa shape index (κ2) is 12.9. The molecule has 1 aromatic carbocycles. The van der Waals surface area contributed by atoms with Gasteiger partial charge in [-0.25, -0.2) is 14.4 Å². The van der Waals surface area contributed by atoms with E-state index < -0.39 is 36.3 Å². The van der Waals surface area contributed by atoms with Gasteiger partial charge >= 0.3 is 17.9 Å². The number of nitrogens with zero attached hydrogens (tertiary/aromatic N) is 1. The molecule has 0 saturated carbocycles. The quantitative estimate of drug-likeness (QED) is 0.128. The van der Waals surface area contributed by atoms with Crippen LogP contribution < -0.4 is 14.8 Å². The summed E-state index contributed by atoms with van der Waals surface area (Å²) in [6, 6.07) is 2.92. The number of aliphatic carboxylic acids is 3. The van der Waals surface area contributed by atoms with Gasteiger partial charge in [0.15, 0.2) is 23.2 Å². The first-order chi connectivity index (χ1) is 15.9. The first-order valence-electron chi connectivity index (χ1n) is 9.19. The monoisotopic (exact) mass is 514 g/mol. The number of rotatable bonds is 8. The Balaban J connectivity index is 0.000000852. The maximum atomic E-state index is 12.6. The molecule has 12 nitrogen and oxygen atoms in total. The van der Waals surface area contributed by atoms with Crippen molar-refractivity contribution in [2.45, 2.75) is 6.92 Å². The lowest BCUT2D eigenvalue weighted by atomic mass is 10.1. The molecule has 1 saturated heterocycles. The van der Waals surface area contributed by atoms with E-state index in [2.05, 4.69) is 11.9 Å². The van der Waals surface area contributed by atoms with Crippen molar-refractivity contribution in [1.29, 1.82) is 0 Å². The molecule has 0 unspecified atom stereocenters. The van der Waals surface area contributed by atoms with E-state index in [1.54, 1.807) is 6.92 Å². The SMILES string of the molecule is C=CCN1C(=O)/C(=C/c2cc(Cl)c(OCC(=O)O)c(OCC)c2)C(=O)NC1=S.O=C(O)C(=O)O. The maximum Gasteiger partial charge on any atom is 0.414 e. The molecule has 1 heterocycles. The van der Waals surface area contributed by atoms with Gasteiger partial charge in [0.05, 0.1) is 11.6 Å². The molecular formula is C20H19ClN2O10S. The Labute approximate surface area is 203 Å². The van der Waals surface area contributed by atoms with Crippen LogP contribution in [0.1, 0.15) is 12.5 Å². The molecule has 182 valence electrons. The molecule has 1 aromatic rings. The summed E-state index contributed by atoms with van der Waals surface area (Å²) in [6.07, 6.45) is 2.82. The number of carbonyl (C=O) groups is 5. The molecule has 14 heteroatoms. The lowest BCUT2D eigenvalue weighted by molar-refractivity contribution is -0.159. The number of amides is 2. The zero-order valence-corrected chi connectivity index (χ0v) is 19.1. The van der Waals surface area contributed by atoms with E-state index in [4.69, 9.17) is 58.2 Å². The molecule has 0 bridgehead atoms. The molecule has 4 N–H and O–H groups in total. The number of carboxylic acid groups (broad SMARTS) is 3. The maximum absolute atomic E-state index is 12.6. The Morgan fingerprint density at radius 1 is 1.18 bits per heavy atom. The van der Waals surface area contributed by atoms with Gasteiger partial charge in [-0.3, -0.25) is 19.8 Å². The van der Waals surface area contributed by atoms with Gasteiger partial charge < -0.3 is 24.8 Å². The summed E-state index contributed by atoms with van der Waals surface area (Å²) in [7, 11) is 0. The number of thiocarbonyl (C=S) groups is 1. The minimum absolute atomic E-state index is 0.00231. The first kappa shape index (κ1) is 28.1. The summed E-state index contributed by atoms with van der Waals surface area (Å²) in [6.45, 7) is 5.09. The predicted molar refractivity (Wildman–Crippen MR) is 122 cm³/mol. The highest BCUT2D eigenvalue weighted by Crippen LogP contribution is 2.37. The average molecular weight is 515 g/mol. The van der Waals surface area contributed by atoms with Gasteiger partial charge in [0.25, 0.3) is 11.8 Å². The smallest absolute Gasteiger partial charge is 0.414 e. The van der Waals surface area contributed by atoms with Gasteiger partial charge in [-0.15, -0.1) is 6.58 Å². The second-order valence-corrected chi connectivity index (χ2v) is 6.87. The molecule has 1 aliphatic heterocycles. The van der Waals surface area contributed by atoms with Crippen LogP contribution in [0.2, 0.25) is 5.02 Å². The number of benzene rings is 1. The van der Waals surface area contributed by atoms with E-state index in [0.29, 0.717) is 5.56 Å². The standard InChI is InChI=1S/C18H17ClN2O6S.C2H2O4/c1-3-5-21-17(25)11(16(24)20-18(21)28)6-10-7-12(19)15(27-9-14(22)23)13(8-10)26-4-2;3-1(4)2(5)6/h3,6-8H,1,4-5,9H2,2H3,(H,22,23)(H,20,24,28);(H,3,4)(H,5,6)/b11-6+;. The molecule has 1 fully saturated rings. The van der Waals surface area contributed by atoms with Crippen molar-refractivity contribution in [3.05, 3.63) is 40.9 Å². The summed E-state index contributed by atoms with van der Waals surface area (Å²) in [4.78, 5) is 54.9. The number of halogens is 1. The van der Waals surface area contributed by atoms with Gasteiger partial charge in [-0.05, 0) is 42.9 Å². The molecule has 0 aromatic heterocycles. The fourth-order valence-electron chi connectivity index (χ4n) is 2.36. The average Bonchev–Trinajstić information content (AvgIpc) is 2.74. The van der Waals surface area contributed by atoms with Crippen molar-refractivity contribution in [2.24, 2.45) is 0 Å². The van der Waals surface area contributed by atoms with Crippen molar-refractivity contribution in [1.82, 2.24) is 10.2 Å². The lowest BCUT2D eigenvalue weighted by Gasteiger charge is -2.27. The van der Waals surface area contributed by atoms with Gasteiger partial charge in [-0.2, -0.15) is 0 Å². The highest BCUT2D eigenvalue weighted by Gasteiger charge is 2.32. The first-order valence-corrected chi connectivity index (χ1v) is 9.98. The highest BCUT2D eigenvalue weighted by molar-refractivity contribution is 7.80. The number of nitrogens with one attached hydrogen (secondary N) is 1. The number of hydrogen-bond donors (Lipinski definition) is 4. The summed E-state index contributed by atoms with van der Waals surface area (Å²) < 4.78 is 10.6. The summed E-state index contributed by atoms with van der Waals surface area (Å²) in [5.41, 5.74) is 0.245. The zero-order chi connectivity index (χ0) is 26.0. The van der Waals surface area contributed by atoms with Crippen LogP contribution >= 0.6 is 23.8 Å². The second-order valence-electron chi connectivity index (χ2n) is 6.08. The Morgan fingerprint density at radius 3 is 2.29 bits per heavy atom. The van der Waals surface area contributed by atoms with Crippen LogP contribution in [0.3, 0.4) is 0 Å². The van der Waals surface area contributed by atoms with Gasteiger partial charge in [-0.1, -0.05) is 17.7 Å². The Morgan fingerprint density at radius 2 is 1.79 bits per heavy atom. The third-order valence-corrected chi connectivity index (χ3v) is 4.27. The van der Waals surface area contributed by atoms with E-state index in [-0.39, 0.29) is 40.4 Å². The van der Waals surface area contributed by atoms with Crippen LogP contribution in [0.25, 0.3) is 6.08 Å². The molecular weight excluding hydrogens is 496 g/mol. The van der Waals surface area contributed by atoms with Crippen LogP contribution in [-0.4, -0.2) is 74.8 Å². The van der Waals surface area contributed by atoms with E-state index in [9.17, 15) is 14.4 Å². The lowest BCUT2D eigenvalue weighted by Crippen LogP contribution is -2.53. The fourth-order valence-corrected chi connectivity index (χ4v) is 2.89. The Bertz CT molecular complexity index is 1060. The van der Waals surface area contributed by atoms with Gasteiger partial charge in [0.1, 0.15) is 5.57 Å². The van der Waals surface area contributed by atoms with Crippen LogP contribution in [0.4, 0.5) is 0 Å². The van der Waals surface area contributed by atoms with E-state index >= 15 is 0 Å². The minimum atomic E-state index is -1.82. The third-order valence-electron chi connectivity index (χ3n) is 3.66. The Kier molecular flexibility index (Phi) is 10.7. The number of carbonyl (C=O) groups excluding carboxylic acids is 2. The molecule has 34 heavy (non-hydrogen) atoms. The van der Waals surface area contributed by atoms with Crippen LogP contribution in [0.5, 0.6) is 11.5 Å². The van der Waals surface area contributed by atoms with Crippen LogP contribution in [-0.2, 0) is 24.0 Å². The van der Waals surface area contributed by atoms with Crippen molar-refractivity contribution in [3.8, 4) is 11.5 Å². The number of hydrogen-bond acceptors (Lipinski definition) is 8. The van der Waals surface area contributed by atoms with E-state index in [0.717, 1.165) is 0 Å². The predicted octanol–water partition coefficient (Wildman–Crippen LogP) is 1.17. The van der Waals surface area contributed by atoms with Crippen molar-refractivity contribution >= 4 is 64.7 Å². The minimum Gasteiger partial charge on any atom is -0.490 e. The zero-order valence-electron chi connectivity index (χ0n) is 17.6. The third kappa shape index (κ3) is 7.86. The molecule has 2 amide bonds. The molecule has 0 aliphatic carbocycles. The largest absolute Gasteiger partial charge is 0.490 e. The van der Waals surface area contributed by atoms with E-state index in [1.807, 2.05) is 0 Å². The highest BCUT2D eigenvalue weighted by atomic mass is 35.5. The summed E-state index contributed by atoms with van der Waals surface area (Å²) in [5, 5.41) is 26.1. The van der Waals surface area contributed by atoms with Crippen molar-refractivity contribution in [3.63, 3.8) is 0 Å². The summed E-state index contributed by atoms with van der Waals surface area (Å²) >= 11 is 11.2. The topological polar surface area (TPSA) is 180 Å². The number of carboxylic acids is 3. The van der Waals surface area contributed by atoms with Crippen molar-refractivity contribution < 1.29 is 48.8 Å². The van der Waals surface area contributed by atoms with Crippen molar-refractivity contribution in [2.75, 3.05) is 19.8 Å². The Hall–Kier alpha value is -3.97. The molecule has 0 radical (unpaired) electrons.